The van der Waals surface area contributed by atoms with Crippen molar-refractivity contribution in [2.45, 2.75) is 33.6 Å². The molecule has 0 saturated heterocycles. The fraction of sp³-hybridized carbons (Fsp3) is 0.667. The second-order valence-corrected chi connectivity index (χ2v) is 3.86. The molecule has 70 valence electrons. The largest absolute Gasteiger partial charge is 0.103 e. The van der Waals surface area contributed by atoms with Gasteiger partial charge in [0.15, 0.2) is 0 Å². The Morgan fingerprint density at radius 1 is 0.917 bits per heavy atom. The van der Waals surface area contributed by atoms with Gasteiger partial charge in [-0.15, -0.1) is 13.2 Å². The van der Waals surface area contributed by atoms with E-state index in [1.165, 1.54) is 0 Å². The molecule has 0 bridgehead atoms. The highest BCUT2D eigenvalue weighted by molar-refractivity contribution is 4.79. The molecule has 0 nitrogen and oxygen atoms in total. The number of hydrogen-bond acceptors (Lipinski definition) is 0. The van der Waals surface area contributed by atoms with Gasteiger partial charge in [-0.05, 0) is 30.6 Å². The van der Waals surface area contributed by atoms with Crippen LogP contribution in [0.1, 0.15) is 33.6 Å². The van der Waals surface area contributed by atoms with Gasteiger partial charge in [-0.1, -0.05) is 32.9 Å². The summed E-state index contributed by atoms with van der Waals surface area (Å²) >= 11 is 0. The van der Waals surface area contributed by atoms with Crippen molar-refractivity contribution in [1.29, 1.82) is 0 Å². The Morgan fingerprint density at radius 3 is 1.50 bits per heavy atom. The summed E-state index contributed by atoms with van der Waals surface area (Å²) in [5.74, 6) is 2.26. The molecule has 0 amide bonds. The molecule has 0 aromatic rings. The van der Waals surface area contributed by atoms with Crippen LogP contribution in [-0.4, -0.2) is 0 Å². The average Bonchev–Trinajstić information content (AvgIpc) is 2.04. The third-order valence-electron chi connectivity index (χ3n) is 2.87. The van der Waals surface area contributed by atoms with Crippen molar-refractivity contribution in [2.75, 3.05) is 0 Å². The van der Waals surface area contributed by atoms with E-state index in [2.05, 4.69) is 33.9 Å². The van der Waals surface area contributed by atoms with Gasteiger partial charge in [-0.3, -0.25) is 0 Å². The highest BCUT2D eigenvalue weighted by Crippen LogP contribution is 2.25. The van der Waals surface area contributed by atoms with Gasteiger partial charge in [0.1, 0.15) is 0 Å². The van der Waals surface area contributed by atoms with Crippen LogP contribution in [-0.2, 0) is 0 Å². The predicted octanol–water partition coefficient (Wildman–Crippen LogP) is 4.05. The van der Waals surface area contributed by atoms with E-state index in [1.807, 2.05) is 12.2 Å². The Kier molecular flexibility index (Phi) is 5.79. The Bertz CT molecular complexity index is 119. The summed E-state index contributed by atoms with van der Waals surface area (Å²) in [7, 11) is 0. The molecule has 0 fully saturated rings. The molecular formula is C12H22. The third-order valence-corrected chi connectivity index (χ3v) is 2.87. The molecule has 0 aliphatic heterocycles. The molecule has 0 spiro atoms. The minimum absolute atomic E-state index is 0.748. The predicted molar refractivity (Wildman–Crippen MR) is 57.1 cm³/mol. The summed E-state index contributed by atoms with van der Waals surface area (Å²) in [6.45, 7) is 14.5. The van der Waals surface area contributed by atoms with Crippen LogP contribution in [0.15, 0.2) is 25.3 Å². The lowest BCUT2D eigenvalue weighted by Gasteiger charge is -2.24. The van der Waals surface area contributed by atoms with Crippen molar-refractivity contribution in [1.82, 2.24) is 0 Å². The van der Waals surface area contributed by atoms with Gasteiger partial charge in [-0.2, -0.15) is 0 Å². The Hall–Kier alpha value is -0.520. The van der Waals surface area contributed by atoms with E-state index in [9.17, 15) is 0 Å². The molecule has 2 unspecified atom stereocenters. The van der Waals surface area contributed by atoms with E-state index >= 15 is 0 Å². The van der Waals surface area contributed by atoms with E-state index < -0.39 is 0 Å². The smallest absolute Gasteiger partial charge is 0.0325 e. The summed E-state index contributed by atoms with van der Waals surface area (Å²) in [5.41, 5.74) is 0. The molecule has 0 radical (unpaired) electrons. The van der Waals surface area contributed by atoms with E-state index in [0.717, 1.165) is 30.6 Å². The maximum absolute atomic E-state index is 3.77. The zero-order valence-corrected chi connectivity index (χ0v) is 8.72. The van der Waals surface area contributed by atoms with Crippen molar-refractivity contribution < 1.29 is 0 Å². The summed E-state index contributed by atoms with van der Waals surface area (Å²) in [6, 6.07) is 0. The highest BCUT2D eigenvalue weighted by atomic mass is 14.2. The molecule has 2 atom stereocenters. The topological polar surface area (TPSA) is 0 Å². The van der Waals surface area contributed by atoms with Crippen LogP contribution in [0.4, 0.5) is 0 Å². The first-order chi connectivity index (χ1) is 5.63. The average molecular weight is 166 g/mol. The first kappa shape index (κ1) is 11.5. The maximum atomic E-state index is 3.77. The molecule has 0 heterocycles. The van der Waals surface area contributed by atoms with Crippen LogP contribution in [0.3, 0.4) is 0 Å². The van der Waals surface area contributed by atoms with Gasteiger partial charge in [0.2, 0.25) is 0 Å². The monoisotopic (exact) mass is 166 g/mol. The number of rotatable bonds is 6. The van der Waals surface area contributed by atoms with Gasteiger partial charge < -0.3 is 0 Å². The Labute approximate surface area is 77.4 Å². The van der Waals surface area contributed by atoms with Crippen molar-refractivity contribution in [3.8, 4) is 0 Å². The van der Waals surface area contributed by atoms with Crippen molar-refractivity contribution in [3.63, 3.8) is 0 Å². The molecule has 0 aromatic heterocycles. The second-order valence-electron chi connectivity index (χ2n) is 3.86. The molecule has 0 N–H and O–H groups in total. The van der Waals surface area contributed by atoms with Crippen LogP contribution >= 0.6 is 0 Å². The SMILES string of the molecule is C=CCC(C)C(C)C(C)CC=C. The van der Waals surface area contributed by atoms with Gasteiger partial charge in [0, 0.05) is 0 Å². The number of allylic oxidation sites excluding steroid dienone is 2. The third kappa shape index (κ3) is 3.75. The summed E-state index contributed by atoms with van der Waals surface area (Å²) in [5, 5.41) is 0. The molecule has 0 aromatic carbocycles. The minimum atomic E-state index is 0.748. The van der Waals surface area contributed by atoms with Crippen molar-refractivity contribution in [3.05, 3.63) is 25.3 Å². The normalized spacial score (nSPS) is 17.9. The Morgan fingerprint density at radius 2 is 1.25 bits per heavy atom. The second kappa shape index (κ2) is 6.05. The lowest BCUT2D eigenvalue weighted by molar-refractivity contribution is 0.282. The fourth-order valence-electron chi connectivity index (χ4n) is 1.52. The zero-order valence-electron chi connectivity index (χ0n) is 8.72. The molecular weight excluding hydrogens is 144 g/mol. The fourth-order valence-corrected chi connectivity index (χ4v) is 1.52. The van der Waals surface area contributed by atoms with Crippen molar-refractivity contribution >= 4 is 0 Å². The molecule has 0 saturated carbocycles. The van der Waals surface area contributed by atoms with Gasteiger partial charge in [0.25, 0.3) is 0 Å². The summed E-state index contributed by atoms with van der Waals surface area (Å²) in [6.07, 6.45) is 6.29. The molecule has 0 aliphatic carbocycles. The Balaban J connectivity index is 3.88. The molecule has 0 heteroatoms. The molecule has 0 aliphatic rings. The van der Waals surface area contributed by atoms with Gasteiger partial charge >= 0.3 is 0 Å². The maximum Gasteiger partial charge on any atom is -0.0325 e. The van der Waals surface area contributed by atoms with Crippen LogP contribution in [0.2, 0.25) is 0 Å². The molecule has 12 heavy (non-hydrogen) atoms. The lowest BCUT2D eigenvalue weighted by atomic mass is 9.82. The van der Waals surface area contributed by atoms with Gasteiger partial charge in [0.05, 0.1) is 0 Å². The highest BCUT2D eigenvalue weighted by Gasteiger charge is 2.16. The van der Waals surface area contributed by atoms with E-state index in [1.54, 1.807) is 0 Å². The van der Waals surface area contributed by atoms with E-state index in [0.29, 0.717) is 0 Å². The van der Waals surface area contributed by atoms with Crippen molar-refractivity contribution in [2.24, 2.45) is 17.8 Å². The molecule has 0 rings (SSSR count). The lowest BCUT2D eigenvalue weighted by Crippen LogP contribution is -2.15. The van der Waals surface area contributed by atoms with Crippen LogP contribution in [0.5, 0.6) is 0 Å². The quantitative estimate of drug-likeness (QED) is 0.522. The van der Waals surface area contributed by atoms with Crippen LogP contribution in [0.25, 0.3) is 0 Å². The summed E-state index contributed by atoms with van der Waals surface area (Å²) in [4.78, 5) is 0. The number of hydrogen-bond donors (Lipinski definition) is 0. The first-order valence-corrected chi connectivity index (χ1v) is 4.85. The first-order valence-electron chi connectivity index (χ1n) is 4.85. The van der Waals surface area contributed by atoms with E-state index in [4.69, 9.17) is 0 Å². The van der Waals surface area contributed by atoms with Crippen LogP contribution in [0, 0.1) is 17.8 Å². The zero-order chi connectivity index (χ0) is 9.56. The van der Waals surface area contributed by atoms with Gasteiger partial charge in [-0.25, -0.2) is 0 Å². The van der Waals surface area contributed by atoms with E-state index in [-0.39, 0.29) is 0 Å². The standard InChI is InChI=1S/C12H22/c1-6-8-10(3)12(5)11(4)9-7-2/h6-7,10-12H,1-2,8-9H2,3-5H3. The van der Waals surface area contributed by atoms with Crippen LogP contribution < -0.4 is 0 Å². The summed E-state index contributed by atoms with van der Waals surface area (Å²) < 4.78 is 0. The minimum Gasteiger partial charge on any atom is -0.103 e.